The smallest absolute Gasteiger partial charge is 0.233 e. The van der Waals surface area contributed by atoms with Gasteiger partial charge in [-0.05, 0) is 32.8 Å². The van der Waals surface area contributed by atoms with Gasteiger partial charge in [-0.3, -0.25) is 10.2 Å². The van der Waals surface area contributed by atoms with Crippen LogP contribution in [0.15, 0.2) is 41.8 Å². The van der Waals surface area contributed by atoms with E-state index in [1.807, 2.05) is 24.9 Å². The number of amidine groups is 1. The van der Waals surface area contributed by atoms with E-state index in [-0.39, 0.29) is 24.2 Å². The van der Waals surface area contributed by atoms with Crippen LogP contribution in [0.25, 0.3) is 0 Å². The SMILES string of the molecule is CCN(CC)C(=O)CSC1=NNC2C3CC(c4ccc(C)cc4)NN3C=CN12. The van der Waals surface area contributed by atoms with E-state index in [0.29, 0.717) is 5.75 Å². The van der Waals surface area contributed by atoms with E-state index < -0.39 is 0 Å². The Labute approximate surface area is 170 Å². The van der Waals surface area contributed by atoms with Crippen LogP contribution in [0.1, 0.15) is 37.4 Å². The van der Waals surface area contributed by atoms with Gasteiger partial charge in [-0.15, -0.1) is 0 Å². The molecule has 0 radical (unpaired) electrons. The van der Waals surface area contributed by atoms with Gasteiger partial charge < -0.3 is 14.8 Å². The number of rotatable bonds is 5. The number of nitrogens with one attached hydrogen (secondary N) is 2. The molecule has 3 heterocycles. The van der Waals surface area contributed by atoms with Gasteiger partial charge in [0.05, 0.1) is 17.8 Å². The van der Waals surface area contributed by atoms with Gasteiger partial charge in [0.25, 0.3) is 0 Å². The van der Waals surface area contributed by atoms with Crippen LogP contribution < -0.4 is 10.9 Å². The minimum atomic E-state index is 0.0824. The van der Waals surface area contributed by atoms with Crippen molar-refractivity contribution in [1.29, 1.82) is 0 Å². The molecule has 1 saturated heterocycles. The monoisotopic (exact) mass is 400 g/mol. The molecule has 1 aromatic carbocycles. The van der Waals surface area contributed by atoms with Gasteiger partial charge in [0.15, 0.2) is 5.17 Å². The lowest BCUT2D eigenvalue weighted by molar-refractivity contribution is -0.127. The van der Waals surface area contributed by atoms with E-state index in [2.05, 4.69) is 63.3 Å². The van der Waals surface area contributed by atoms with Crippen LogP contribution >= 0.6 is 11.8 Å². The van der Waals surface area contributed by atoms with Gasteiger partial charge in [-0.2, -0.15) is 5.10 Å². The van der Waals surface area contributed by atoms with Crippen molar-refractivity contribution >= 4 is 22.8 Å². The first-order valence-electron chi connectivity index (χ1n) is 9.92. The molecular weight excluding hydrogens is 372 g/mol. The van der Waals surface area contributed by atoms with Gasteiger partial charge in [-0.1, -0.05) is 41.6 Å². The van der Waals surface area contributed by atoms with Crippen molar-refractivity contribution in [3.63, 3.8) is 0 Å². The Hall–Kier alpha value is -2.19. The normalized spacial score (nSPS) is 25.2. The molecule has 1 amide bonds. The predicted octanol–water partition coefficient (Wildman–Crippen LogP) is 2.20. The van der Waals surface area contributed by atoms with Crippen molar-refractivity contribution < 1.29 is 4.79 Å². The molecule has 3 aliphatic heterocycles. The Balaban J connectivity index is 1.38. The minimum Gasteiger partial charge on any atom is -0.343 e. The zero-order valence-electron chi connectivity index (χ0n) is 16.6. The number of hydrazine groups is 1. The van der Waals surface area contributed by atoms with Crippen LogP contribution in [-0.4, -0.2) is 56.9 Å². The highest BCUT2D eigenvalue weighted by molar-refractivity contribution is 8.14. The van der Waals surface area contributed by atoms with E-state index in [4.69, 9.17) is 0 Å². The summed E-state index contributed by atoms with van der Waals surface area (Å²) in [5, 5.41) is 7.56. The Morgan fingerprint density at radius 3 is 2.71 bits per heavy atom. The summed E-state index contributed by atoms with van der Waals surface area (Å²) in [5.41, 5.74) is 9.45. The van der Waals surface area contributed by atoms with Crippen LogP contribution in [0.3, 0.4) is 0 Å². The summed E-state index contributed by atoms with van der Waals surface area (Å²) >= 11 is 1.50. The fourth-order valence-corrected chi connectivity index (χ4v) is 4.84. The summed E-state index contributed by atoms with van der Waals surface area (Å²) in [6.07, 6.45) is 5.19. The van der Waals surface area contributed by atoms with Crippen LogP contribution in [0.5, 0.6) is 0 Å². The third kappa shape index (κ3) is 3.58. The number of hydrogen-bond donors (Lipinski definition) is 2. The number of carbonyl (C=O) groups is 1. The third-order valence-corrected chi connectivity index (χ3v) is 6.58. The second kappa shape index (κ2) is 8.05. The Morgan fingerprint density at radius 2 is 2.00 bits per heavy atom. The van der Waals surface area contributed by atoms with Gasteiger partial charge in [-0.25, -0.2) is 5.43 Å². The maximum Gasteiger partial charge on any atom is 0.233 e. The summed E-state index contributed by atoms with van der Waals surface area (Å²) in [5.74, 6) is 0.573. The Morgan fingerprint density at radius 1 is 1.25 bits per heavy atom. The molecule has 1 aromatic rings. The molecule has 3 unspecified atom stereocenters. The van der Waals surface area contributed by atoms with Crippen molar-refractivity contribution in [1.82, 2.24) is 25.7 Å². The summed E-state index contributed by atoms with van der Waals surface area (Å²) in [6, 6.07) is 9.29. The second-order valence-corrected chi connectivity index (χ2v) is 8.27. The number of aryl methyl sites for hydroxylation is 1. The van der Waals surface area contributed by atoms with Crippen molar-refractivity contribution in [2.75, 3.05) is 18.8 Å². The maximum absolute atomic E-state index is 12.3. The molecule has 28 heavy (non-hydrogen) atoms. The zero-order valence-corrected chi connectivity index (χ0v) is 17.4. The summed E-state index contributed by atoms with van der Waals surface area (Å²) in [6.45, 7) is 7.62. The molecule has 0 aromatic heterocycles. The molecule has 3 aliphatic rings. The highest BCUT2D eigenvalue weighted by atomic mass is 32.2. The van der Waals surface area contributed by atoms with Crippen molar-refractivity contribution in [2.45, 2.75) is 45.4 Å². The number of hydrogen-bond acceptors (Lipinski definition) is 7. The first-order valence-corrected chi connectivity index (χ1v) is 10.9. The molecular formula is C20H28N6OS. The van der Waals surface area contributed by atoms with Crippen LogP contribution in [-0.2, 0) is 4.79 Å². The lowest BCUT2D eigenvalue weighted by Crippen LogP contribution is -2.54. The van der Waals surface area contributed by atoms with Gasteiger partial charge in [0.1, 0.15) is 6.17 Å². The molecule has 1 fully saturated rings. The molecule has 8 heteroatoms. The highest BCUT2D eigenvalue weighted by Crippen LogP contribution is 2.35. The number of carbonyl (C=O) groups excluding carboxylic acids is 1. The average molecular weight is 401 g/mol. The molecule has 4 rings (SSSR count). The van der Waals surface area contributed by atoms with Gasteiger partial charge in [0.2, 0.25) is 5.91 Å². The number of fused-ring (bicyclic) bond motifs is 3. The maximum atomic E-state index is 12.3. The van der Waals surface area contributed by atoms with Crippen LogP contribution in [0.2, 0.25) is 0 Å². The van der Waals surface area contributed by atoms with E-state index >= 15 is 0 Å². The Bertz CT molecular complexity index is 775. The topological polar surface area (TPSA) is 63.2 Å². The number of benzene rings is 1. The first kappa shape index (κ1) is 19.1. The van der Waals surface area contributed by atoms with E-state index in [1.54, 1.807) is 0 Å². The molecule has 150 valence electrons. The second-order valence-electron chi connectivity index (χ2n) is 7.33. The van der Waals surface area contributed by atoms with E-state index in [1.165, 1.54) is 22.9 Å². The van der Waals surface area contributed by atoms with Crippen LogP contribution in [0, 0.1) is 6.92 Å². The molecule has 0 spiro atoms. The fraction of sp³-hybridized carbons (Fsp3) is 0.500. The number of hydrazone groups is 1. The van der Waals surface area contributed by atoms with Crippen molar-refractivity contribution in [3.8, 4) is 0 Å². The van der Waals surface area contributed by atoms with E-state index in [9.17, 15) is 4.79 Å². The number of nitrogens with zero attached hydrogens (tertiary/aromatic N) is 4. The molecule has 2 N–H and O–H groups in total. The summed E-state index contributed by atoms with van der Waals surface area (Å²) in [4.78, 5) is 16.3. The standard InChI is InChI=1S/C20H28N6OS/c1-4-24(5-2)18(27)13-28-20-22-21-19-17-12-16(15-8-6-14(3)7-9-15)23-26(17)11-10-25(19)20/h6-11,16-17,19,21,23H,4-5,12-13H2,1-3H3. The highest BCUT2D eigenvalue weighted by Gasteiger charge is 2.44. The Kier molecular flexibility index (Phi) is 5.50. The van der Waals surface area contributed by atoms with Crippen LogP contribution in [0.4, 0.5) is 0 Å². The van der Waals surface area contributed by atoms with Crippen molar-refractivity contribution in [2.24, 2.45) is 5.10 Å². The fourth-order valence-electron chi connectivity index (χ4n) is 3.96. The predicted molar refractivity (Wildman–Crippen MR) is 113 cm³/mol. The lowest BCUT2D eigenvalue weighted by Gasteiger charge is -2.36. The largest absolute Gasteiger partial charge is 0.343 e. The van der Waals surface area contributed by atoms with E-state index in [0.717, 1.165) is 24.7 Å². The molecule has 0 saturated carbocycles. The summed E-state index contributed by atoms with van der Waals surface area (Å²) in [7, 11) is 0. The number of amides is 1. The molecule has 0 aliphatic carbocycles. The zero-order chi connectivity index (χ0) is 19.7. The minimum absolute atomic E-state index is 0.0824. The first-order chi connectivity index (χ1) is 13.6. The molecule has 0 bridgehead atoms. The summed E-state index contributed by atoms with van der Waals surface area (Å²) < 4.78 is 0. The molecule has 3 atom stereocenters. The average Bonchev–Trinajstić information content (AvgIpc) is 3.31. The van der Waals surface area contributed by atoms with Gasteiger partial charge >= 0.3 is 0 Å². The lowest BCUT2D eigenvalue weighted by atomic mass is 9.99. The number of thioether (sulfide) groups is 1. The quantitative estimate of drug-likeness (QED) is 0.790. The van der Waals surface area contributed by atoms with Crippen molar-refractivity contribution in [3.05, 3.63) is 47.8 Å². The van der Waals surface area contributed by atoms with Gasteiger partial charge in [0, 0.05) is 25.5 Å². The molecule has 7 nitrogen and oxygen atoms in total. The third-order valence-electron chi connectivity index (χ3n) is 5.63.